The van der Waals surface area contributed by atoms with Gasteiger partial charge in [-0.2, -0.15) is 0 Å². The minimum Gasteiger partial charge on any atom is -2.00 e. The Bertz CT molecular complexity index is 6.00. The average Bonchev–Trinajstić information content (AvgIpc) is 0. The van der Waals surface area contributed by atoms with E-state index < -0.39 is 0 Å². The summed E-state index contributed by atoms with van der Waals surface area (Å²) >= 11 is 0. The molecule has 4 heteroatoms. The quantitative estimate of drug-likeness (QED) is 0.344. The van der Waals surface area contributed by atoms with E-state index >= 15 is 0 Å². The number of hydrogen-bond donors (Lipinski definition) is 0. The Morgan fingerprint density at radius 1 is 0.750 bits per heavy atom. The molecule has 0 bridgehead atoms. The topological polar surface area (TPSA) is 57.0 Å². The summed E-state index contributed by atoms with van der Waals surface area (Å²) in [5, 5.41) is 0. The van der Waals surface area contributed by atoms with Crippen LogP contribution < -0.4 is 0 Å². The molecular weight excluding hydrogens is 133 g/mol. The van der Waals surface area contributed by atoms with Crippen molar-refractivity contribution in [2.45, 2.75) is 0 Å². The summed E-state index contributed by atoms with van der Waals surface area (Å²) in [6.45, 7) is 0. The molecule has 0 radical (unpaired) electrons. The number of hydrogen-bond acceptors (Lipinski definition) is 0. The van der Waals surface area contributed by atoms with Crippen LogP contribution in [0.4, 0.5) is 0 Å². The average molecular weight is 137 g/mol. The molecule has 0 rings (SSSR count). The van der Waals surface area contributed by atoms with Crippen molar-refractivity contribution in [2.75, 3.05) is 0 Å². The van der Waals surface area contributed by atoms with E-state index in [2.05, 4.69) is 0 Å². The molecule has 0 spiro atoms. The van der Waals surface area contributed by atoms with Gasteiger partial charge in [0.05, 0.1) is 0 Å². The van der Waals surface area contributed by atoms with E-state index in [1.54, 1.807) is 0 Å². The Balaban J connectivity index is 0. The van der Waals surface area contributed by atoms with Crippen molar-refractivity contribution in [2.24, 2.45) is 0 Å². The van der Waals surface area contributed by atoms with E-state index in [1.807, 2.05) is 0 Å². The minimum atomic E-state index is 0. The van der Waals surface area contributed by atoms with Gasteiger partial charge in [-0.15, -0.1) is 0 Å². The molecule has 0 fully saturated rings. The first kappa shape index (κ1) is 137. The van der Waals surface area contributed by atoms with Crippen LogP contribution in [0.3, 0.4) is 0 Å². The van der Waals surface area contributed by atoms with Crippen LogP contribution in [0.15, 0.2) is 0 Å². The first-order valence-corrected chi connectivity index (χ1v) is 0. The summed E-state index contributed by atoms with van der Waals surface area (Å²) in [5.41, 5.74) is 0. The predicted molar refractivity (Wildman–Crippen MR) is 18.5 cm³/mol. The van der Waals surface area contributed by atoms with E-state index in [9.17, 15) is 0 Å². The second kappa shape index (κ2) is 57.2. The maximum Gasteiger partial charge on any atom is 4.00 e. The Morgan fingerprint density at radius 2 is 0.750 bits per heavy atom. The van der Waals surface area contributed by atoms with Gasteiger partial charge < -0.3 is 11.0 Å². The molecule has 0 aliphatic rings. The van der Waals surface area contributed by atoms with Gasteiger partial charge >= 0.3 is 17.6 Å². The molecule has 0 unspecified atom stereocenters. The first-order chi connectivity index (χ1) is 0. The van der Waals surface area contributed by atoms with Crippen LogP contribution in [0, 0.1) is 0 Å². The second-order valence-electron chi connectivity index (χ2n) is 0. The summed E-state index contributed by atoms with van der Waals surface area (Å²) in [5.74, 6) is 0. The van der Waals surface area contributed by atoms with Crippen LogP contribution in [0.2, 0.25) is 0 Å². The van der Waals surface area contributed by atoms with Gasteiger partial charge in [0, 0.05) is 0 Å². The predicted octanol–water partition coefficient (Wildman–Crippen LogP) is -2.07. The molecule has 0 aromatic rings. The van der Waals surface area contributed by atoms with Gasteiger partial charge in [0.25, 0.3) is 0 Å². The van der Waals surface area contributed by atoms with Gasteiger partial charge in [0.15, 0.2) is 0 Å². The Kier molecular flexibility index (Phi) is 1960. The van der Waals surface area contributed by atoms with Crippen molar-refractivity contribution < 1.29 is 11.0 Å². The van der Waals surface area contributed by atoms with E-state index in [1.165, 1.54) is 0 Å². The van der Waals surface area contributed by atoms with Crippen LogP contribution in [0.1, 0.15) is 0 Å². The van der Waals surface area contributed by atoms with E-state index in [0.29, 0.717) is 0 Å². The van der Waals surface area contributed by atoms with Crippen molar-refractivity contribution >= 4 is 28.6 Å². The molecule has 24 valence electrons. The molecule has 0 aliphatic heterocycles. The molecular formula is H4GeO2Si. The standard InChI is InChI=1S/Ge.2O.H4Si/h;;;1H4/q+4;2*-2;. The zero-order valence-corrected chi connectivity index (χ0v) is 3.41. The first-order valence-electron chi connectivity index (χ1n) is 0. The molecule has 0 saturated carbocycles. The molecule has 0 atom stereocenters. The smallest absolute Gasteiger partial charge is 2.00 e. The third kappa shape index (κ3) is 16.4. The van der Waals surface area contributed by atoms with Gasteiger partial charge in [-0.25, -0.2) is 0 Å². The van der Waals surface area contributed by atoms with Crippen molar-refractivity contribution in [3.05, 3.63) is 0 Å². The third-order valence-electron chi connectivity index (χ3n) is 0. The molecule has 0 saturated heterocycles. The zero-order chi connectivity index (χ0) is 0. The minimum absolute atomic E-state index is 0. The van der Waals surface area contributed by atoms with Gasteiger partial charge in [-0.1, -0.05) is 0 Å². The molecule has 0 aliphatic carbocycles. The van der Waals surface area contributed by atoms with Crippen LogP contribution in [-0.4, -0.2) is 28.6 Å². The Morgan fingerprint density at radius 3 is 0.750 bits per heavy atom. The summed E-state index contributed by atoms with van der Waals surface area (Å²) in [4.78, 5) is 0. The molecule has 0 aromatic carbocycles. The summed E-state index contributed by atoms with van der Waals surface area (Å²) in [7, 11) is 0. The van der Waals surface area contributed by atoms with Crippen molar-refractivity contribution in [3.63, 3.8) is 0 Å². The van der Waals surface area contributed by atoms with Gasteiger partial charge in [0.1, 0.15) is 0 Å². The third-order valence-corrected chi connectivity index (χ3v) is 0. The second-order valence-corrected chi connectivity index (χ2v) is 0. The van der Waals surface area contributed by atoms with E-state index in [-0.39, 0.29) is 39.5 Å². The van der Waals surface area contributed by atoms with E-state index in [0.717, 1.165) is 0 Å². The maximum atomic E-state index is 0. The fourth-order valence-corrected chi connectivity index (χ4v) is 0. The summed E-state index contributed by atoms with van der Waals surface area (Å²) in [6, 6.07) is 0. The van der Waals surface area contributed by atoms with Gasteiger partial charge in [-0.05, 0) is 11.0 Å². The molecule has 4 heavy (non-hydrogen) atoms. The van der Waals surface area contributed by atoms with Crippen LogP contribution in [0.25, 0.3) is 0 Å². The van der Waals surface area contributed by atoms with E-state index in [4.69, 9.17) is 0 Å². The molecule has 0 heterocycles. The van der Waals surface area contributed by atoms with Crippen molar-refractivity contribution in [1.29, 1.82) is 0 Å². The largest absolute Gasteiger partial charge is 4.00 e. The zero-order valence-electron chi connectivity index (χ0n) is 1.32. The van der Waals surface area contributed by atoms with Crippen LogP contribution in [-0.2, 0) is 11.0 Å². The van der Waals surface area contributed by atoms with Crippen molar-refractivity contribution in [3.8, 4) is 0 Å². The summed E-state index contributed by atoms with van der Waals surface area (Å²) < 4.78 is 0. The fourth-order valence-electron chi connectivity index (χ4n) is 0. The fraction of sp³-hybridized carbons (Fsp3) is 0. The molecule has 0 N–H and O–H groups in total. The normalized spacial score (nSPS) is 0. The SMILES string of the molecule is [Ge+4].[O-2].[O-2].[SiH4]. The van der Waals surface area contributed by atoms with Crippen LogP contribution >= 0.6 is 0 Å². The molecule has 0 aromatic heterocycles. The molecule has 2 nitrogen and oxygen atoms in total. The molecule has 0 amide bonds. The van der Waals surface area contributed by atoms with Gasteiger partial charge in [-0.3, -0.25) is 0 Å². The Hall–Kier alpha value is 0.680. The van der Waals surface area contributed by atoms with Crippen molar-refractivity contribution in [1.82, 2.24) is 0 Å². The monoisotopic (exact) mass is 138 g/mol. The van der Waals surface area contributed by atoms with Crippen LogP contribution in [0.5, 0.6) is 0 Å². The maximum absolute atomic E-state index is 0. The number of rotatable bonds is 0. The summed E-state index contributed by atoms with van der Waals surface area (Å²) in [6.07, 6.45) is 0. The Labute approximate surface area is 40.2 Å². The van der Waals surface area contributed by atoms with Gasteiger partial charge in [0.2, 0.25) is 0 Å².